The summed E-state index contributed by atoms with van der Waals surface area (Å²) in [7, 11) is 0. The average Bonchev–Trinajstić information content (AvgIpc) is 2.40. The topological polar surface area (TPSA) is 47.3 Å². The molecule has 2 aliphatic rings. The highest BCUT2D eigenvalue weighted by atomic mass is 16.5. The van der Waals surface area contributed by atoms with Crippen molar-refractivity contribution in [2.24, 2.45) is 17.1 Å². The number of hydrogen-bond donors (Lipinski definition) is 2. The van der Waals surface area contributed by atoms with Crippen molar-refractivity contribution in [1.29, 1.82) is 0 Å². The Kier molecular flexibility index (Phi) is 5.46. The molecule has 0 spiro atoms. The van der Waals surface area contributed by atoms with Gasteiger partial charge in [-0.2, -0.15) is 0 Å². The third-order valence-electron chi connectivity index (χ3n) is 5.06. The predicted octanol–water partition coefficient (Wildman–Crippen LogP) is 2.30. The molecule has 2 unspecified atom stereocenters. The lowest BCUT2D eigenvalue weighted by molar-refractivity contribution is 0.0123. The minimum Gasteiger partial charge on any atom is -0.381 e. The lowest BCUT2D eigenvalue weighted by Crippen LogP contribution is -2.41. The fourth-order valence-electron chi connectivity index (χ4n) is 3.52. The highest BCUT2D eigenvalue weighted by Gasteiger charge is 2.30. The van der Waals surface area contributed by atoms with Crippen LogP contribution in [0.15, 0.2) is 0 Å². The van der Waals surface area contributed by atoms with Crippen LogP contribution in [-0.4, -0.2) is 32.3 Å². The Morgan fingerprint density at radius 2 is 2.06 bits per heavy atom. The third-order valence-corrected chi connectivity index (χ3v) is 5.06. The van der Waals surface area contributed by atoms with Gasteiger partial charge in [0.1, 0.15) is 0 Å². The second kappa shape index (κ2) is 6.88. The van der Waals surface area contributed by atoms with E-state index in [0.29, 0.717) is 11.5 Å². The predicted molar refractivity (Wildman–Crippen MR) is 75.6 cm³/mol. The van der Waals surface area contributed by atoms with Crippen LogP contribution in [0.5, 0.6) is 0 Å². The second-order valence-electron chi connectivity index (χ2n) is 6.39. The summed E-state index contributed by atoms with van der Waals surface area (Å²) in [6.45, 7) is 6.55. The highest BCUT2D eigenvalue weighted by molar-refractivity contribution is 4.84. The number of ether oxygens (including phenoxy) is 1. The van der Waals surface area contributed by atoms with Crippen LogP contribution >= 0.6 is 0 Å². The van der Waals surface area contributed by atoms with E-state index in [1.54, 1.807) is 0 Å². The van der Waals surface area contributed by atoms with E-state index >= 15 is 0 Å². The standard InChI is InChI=1S/C15H30N2O/c1-2-15(6-8-18-9-7-15)12-17-11-13-4-3-5-14(16)10-13/h13-14,17H,2-12,16H2,1H3. The fraction of sp³-hybridized carbons (Fsp3) is 1.00. The molecule has 106 valence electrons. The lowest BCUT2D eigenvalue weighted by Gasteiger charge is -2.37. The van der Waals surface area contributed by atoms with E-state index in [2.05, 4.69) is 12.2 Å². The van der Waals surface area contributed by atoms with Crippen LogP contribution < -0.4 is 11.1 Å². The Morgan fingerprint density at radius 3 is 2.72 bits per heavy atom. The van der Waals surface area contributed by atoms with Crippen molar-refractivity contribution in [3.63, 3.8) is 0 Å². The summed E-state index contributed by atoms with van der Waals surface area (Å²) < 4.78 is 5.49. The molecule has 1 saturated heterocycles. The largest absolute Gasteiger partial charge is 0.381 e. The van der Waals surface area contributed by atoms with E-state index in [9.17, 15) is 0 Å². The van der Waals surface area contributed by atoms with Crippen molar-refractivity contribution < 1.29 is 4.74 Å². The molecule has 1 heterocycles. The highest BCUT2D eigenvalue weighted by Crippen LogP contribution is 2.33. The maximum absolute atomic E-state index is 6.05. The van der Waals surface area contributed by atoms with Gasteiger partial charge in [-0.05, 0) is 56.4 Å². The summed E-state index contributed by atoms with van der Waals surface area (Å²) in [5, 5.41) is 3.73. The Morgan fingerprint density at radius 1 is 1.28 bits per heavy atom. The summed E-state index contributed by atoms with van der Waals surface area (Å²) in [5.41, 5.74) is 6.54. The lowest BCUT2D eigenvalue weighted by atomic mass is 9.77. The fourth-order valence-corrected chi connectivity index (χ4v) is 3.52. The maximum Gasteiger partial charge on any atom is 0.0471 e. The minimum atomic E-state index is 0.453. The van der Waals surface area contributed by atoms with Crippen molar-refractivity contribution in [2.75, 3.05) is 26.3 Å². The van der Waals surface area contributed by atoms with Gasteiger partial charge < -0.3 is 15.8 Å². The van der Waals surface area contributed by atoms with Crippen molar-refractivity contribution in [2.45, 2.75) is 57.9 Å². The Labute approximate surface area is 112 Å². The summed E-state index contributed by atoms with van der Waals surface area (Å²) in [4.78, 5) is 0. The van der Waals surface area contributed by atoms with Crippen molar-refractivity contribution in [3.8, 4) is 0 Å². The van der Waals surface area contributed by atoms with Gasteiger partial charge in [-0.3, -0.25) is 0 Å². The van der Waals surface area contributed by atoms with Crippen LogP contribution in [0, 0.1) is 11.3 Å². The van der Waals surface area contributed by atoms with Crippen molar-refractivity contribution in [3.05, 3.63) is 0 Å². The van der Waals surface area contributed by atoms with Gasteiger partial charge in [0.15, 0.2) is 0 Å². The zero-order valence-corrected chi connectivity index (χ0v) is 11.9. The van der Waals surface area contributed by atoms with Crippen LogP contribution in [0.1, 0.15) is 51.9 Å². The molecule has 0 aromatic carbocycles. The summed E-state index contributed by atoms with van der Waals surface area (Å²) >= 11 is 0. The average molecular weight is 254 g/mol. The van der Waals surface area contributed by atoms with E-state index in [4.69, 9.17) is 10.5 Å². The number of nitrogens with two attached hydrogens (primary N) is 1. The molecule has 1 saturated carbocycles. The van der Waals surface area contributed by atoms with Gasteiger partial charge in [0, 0.05) is 25.8 Å². The van der Waals surface area contributed by atoms with Crippen LogP contribution in [0.25, 0.3) is 0 Å². The molecule has 3 heteroatoms. The van der Waals surface area contributed by atoms with Crippen molar-refractivity contribution in [1.82, 2.24) is 5.32 Å². The Hall–Kier alpha value is -0.120. The second-order valence-corrected chi connectivity index (χ2v) is 6.39. The molecule has 2 atom stereocenters. The van der Waals surface area contributed by atoms with Gasteiger partial charge in [-0.25, -0.2) is 0 Å². The molecule has 3 nitrogen and oxygen atoms in total. The summed E-state index contributed by atoms with van der Waals surface area (Å²) in [6, 6.07) is 0.453. The monoisotopic (exact) mass is 254 g/mol. The van der Waals surface area contributed by atoms with Crippen LogP contribution in [0.2, 0.25) is 0 Å². The molecular formula is C15H30N2O. The first kappa shape index (κ1) is 14.3. The first-order chi connectivity index (χ1) is 8.74. The molecule has 0 amide bonds. The minimum absolute atomic E-state index is 0.453. The van der Waals surface area contributed by atoms with Gasteiger partial charge >= 0.3 is 0 Å². The molecule has 0 radical (unpaired) electrons. The van der Waals surface area contributed by atoms with Crippen molar-refractivity contribution >= 4 is 0 Å². The van der Waals surface area contributed by atoms with E-state index in [0.717, 1.165) is 25.7 Å². The van der Waals surface area contributed by atoms with Gasteiger partial charge in [0.05, 0.1) is 0 Å². The molecule has 2 rings (SSSR count). The van der Waals surface area contributed by atoms with E-state index in [1.165, 1.54) is 51.5 Å². The molecule has 18 heavy (non-hydrogen) atoms. The van der Waals surface area contributed by atoms with E-state index in [1.807, 2.05) is 0 Å². The third kappa shape index (κ3) is 3.94. The number of hydrogen-bond acceptors (Lipinski definition) is 3. The zero-order chi connectivity index (χ0) is 12.8. The van der Waals surface area contributed by atoms with Gasteiger partial charge in [-0.1, -0.05) is 13.3 Å². The zero-order valence-electron chi connectivity index (χ0n) is 11.9. The van der Waals surface area contributed by atoms with Crippen LogP contribution in [0.4, 0.5) is 0 Å². The molecule has 0 aromatic heterocycles. The molecule has 3 N–H and O–H groups in total. The van der Waals surface area contributed by atoms with Gasteiger partial charge in [0.2, 0.25) is 0 Å². The molecular weight excluding hydrogens is 224 g/mol. The Balaban J connectivity index is 1.69. The summed E-state index contributed by atoms with van der Waals surface area (Å²) in [5.74, 6) is 0.808. The van der Waals surface area contributed by atoms with Gasteiger partial charge in [-0.15, -0.1) is 0 Å². The molecule has 0 bridgehead atoms. The molecule has 1 aliphatic heterocycles. The van der Waals surface area contributed by atoms with Crippen LogP contribution in [0.3, 0.4) is 0 Å². The molecule has 1 aliphatic carbocycles. The first-order valence-electron chi connectivity index (χ1n) is 7.78. The van der Waals surface area contributed by atoms with E-state index < -0.39 is 0 Å². The van der Waals surface area contributed by atoms with Crippen LogP contribution in [-0.2, 0) is 4.74 Å². The smallest absolute Gasteiger partial charge is 0.0471 e. The number of nitrogens with one attached hydrogen (secondary N) is 1. The quantitative estimate of drug-likeness (QED) is 0.791. The molecule has 2 fully saturated rings. The SMILES string of the molecule is CCC1(CNCC2CCCC(N)C2)CCOCC1. The Bertz CT molecular complexity index is 239. The normalized spacial score (nSPS) is 32.3. The first-order valence-corrected chi connectivity index (χ1v) is 7.78. The number of rotatable bonds is 5. The van der Waals surface area contributed by atoms with Gasteiger partial charge in [0.25, 0.3) is 0 Å². The van der Waals surface area contributed by atoms with E-state index in [-0.39, 0.29) is 0 Å². The summed E-state index contributed by atoms with van der Waals surface area (Å²) in [6.07, 6.45) is 8.85. The molecule has 0 aromatic rings. The maximum atomic E-state index is 6.05.